The second kappa shape index (κ2) is 18.1. The van der Waals surface area contributed by atoms with E-state index in [4.69, 9.17) is 4.74 Å². The van der Waals surface area contributed by atoms with Crippen molar-refractivity contribution in [3.8, 4) is 0 Å². The number of fused-ring (bicyclic) bond motifs is 1. The van der Waals surface area contributed by atoms with Crippen molar-refractivity contribution >= 4 is 11.0 Å². The van der Waals surface area contributed by atoms with Gasteiger partial charge in [0.1, 0.15) is 12.6 Å². The summed E-state index contributed by atoms with van der Waals surface area (Å²) in [5, 5.41) is 10.1. The zero-order valence-electron chi connectivity index (χ0n) is 20.3. The van der Waals surface area contributed by atoms with Gasteiger partial charge in [-0.05, 0) is 50.5 Å². The summed E-state index contributed by atoms with van der Waals surface area (Å²) in [6.45, 7) is 21.2. The Hall–Kier alpha value is -1.91. The Kier molecular flexibility index (Phi) is 18.3. The Morgan fingerprint density at radius 3 is 2.24 bits per heavy atom. The molecule has 4 nitrogen and oxygen atoms in total. The summed E-state index contributed by atoms with van der Waals surface area (Å²) in [5.74, 6) is 0. The molecular weight excluding hydrogens is 360 g/mol. The van der Waals surface area contributed by atoms with Gasteiger partial charge in [-0.3, -0.25) is 0 Å². The molecule has 1 unspecified atom stereocenters. The molecule has 2 rings (SSSR count). The Balaban J connectivity index is 0. The maximum Gasteiger partial charge on any atom is 0.244 e. The topological polar surface area (TPSA) is 38.3 Å². The molecule has 1 aromatic heterocycles. The van der Waals surface area contributed by atoms with E-state index in [0.717, 1.165) is 11.9 Å². The number of allylic oxidation sites excluding steroid dienone is 2. The van der Waals surface area contributed by atoms with Crippen LogP contribution in [0.5, 0.6) is 0 Å². The van der Waals surface area contributed by atoms with Gasteiger partial charge < -0.3 is 9.84 Å². The molecule has 0 spiro atoms. The molecule has 0 amide bonds. The molecule has 0 aliphatic carbocycles. The minimum Gasteiger partial charge on any atom is -0.387 e. The predicted molar refractivity (Wildman–Crippen MR) is 127 cm³/mol. The van der Waals surface area contributed by atoms with Crippen LogP contribution in [0.1, 0.15) is 59.1 Å². The summed E-state index contributed by atoms with van der Waals surface area (Å²) < 4.78 is 9.59. The molecule has 0 saturated heterocycles. The van der Waals surface area contributed by atoms with Gasteiger partial charge in [-0.1, -0.05) is 52.8 Å². The summed E-state index contributed by atoms with van der Waals surface area (Å²) in [6, 6.07) is 4.37. The number of rotatable bonds is 7. The van der Waals surface area contributed by atoms with Crippen molar-refractivity contribution in [3.05, 3.63) is 54.4 Å². The van der Waals surface area contributed by atoms with Crippen LogP contribution in [0.15, 0.2) is 43.3 Å². The zero-order valence-corrected chi connectivity index (χ0v) is 20.3. The number of ether oxygens (including phenoxy) is 1. The maximum absolute atomic E-state index is 10.1. The number of hydrogen-bond donors (Lipinski definition) is 1. The van der Waals surface area contributed by atoms with Crippen molar-refractivity contribution in [2.45, 2.75) is 74.5 Å². The van der Waals surface area contributed by atoms with E-state index < -0.39 is 6.10 Å². The molecule has 29 heavy (non-hydrogen) atoms. The Morgan fingerprint density at radius 2 is 1.72 bits per heavy atom. The second-order valence-corrected chi connectivity index (χ2v) is 6.26. The van der Waals surface area contributed by atoms with Crippen molar-refractivity contribution in [1.29, 1.82) is 0 Å². The normalized spacial score (nSPS) is 11.0. The van der Waals surface area contributed by atoms with E-state index >= 15 is 0 Å². The van der Waals surface area contributed by atoms with E-state index in [1.807, 2.05) is 66.2 Å². The lowest BCUT2D eigenvalue weighted by Crippen LogP contribution is -2.27. The minimum absolute atomic E-state index is 0.346. The van der Waals surface area contributed by atoms with Crippen LogP contribution in [-0.4, -0.2) is 29.0 Å². The molecule has 1 atom stereocenters. The number of aryl methyl sites for hydroxylation is 3. The third kappa shape index (κ3) is 11.0. The van der Waals surface area contributed by atoms with Crippen LogP contribution in [0.25, 0.3) is 11.0 Å². The maximum atomic E-state index is 10.1. The summed E-state index contributed by atoms with van der Waals surface area (Å²) in [6.07, 6.45) is 8.35. The van der Waals surface area contributed by atoms with Crippen LogP contribution < -0.4 is 4.57 Å². The molecule has 2 aromatic rings. The fourth-order valence-corrected chi connectivity index (χ4v) is 2.43. The zero-order chi connectivity index (χ0) is 22.8. The molecule has 1 N–H and O–H groups in total. The molecular formula is C25H45N2O2+. The lowest BCUT2D eigenvalue weighted by Gasteiger charge is -2.08. The number of benzene rings is 1. The van der Waals surface area contributed by atoms with Crippen molar-refractivity contribution in [3.63, 3.8) is 0 Å². The summed E-state index contributed by atoms with van der Waals surface area (Å²) in [5.41, 5.74) is 4.88. The fourth-order valence-electron chi connectivity index (χ4n) is 2.43. The van der Waals surface area contributed by atoms with Gasteiger partial charge >= 0.3 is 0 Å². The standard InChI is InChI=1S/C17H25N2O2.C4H8.2C2H6/c1-5-6-7-21-11-15(20)10-19-12-18(4)16-8-13(2)14(3)9-17(16)19;1-3-4-2;2*1-2/h5-6,8-9,12,15,20H,7,10-11H2,1-4H3;3H,1,4H2,2H3;2*1-2H3/q+1;;;/b6-5+;;;. The van der Waals surface area contributed by atoms with Gasteiger partial charge in [-0.25, -0.2) is 9.13 Å². The van der Waals surface area contributed by atoms with Crippen LogP contribution in [0, 0.1) is 13.8 Å². The Labute approximate surface area is 179 Å². The average Bonchev–Trinajstić information content (AvgIpc) is 3.03. The highest BCUT2D eigenvalue weighted by Gasteiger charge is 2.17. The molecule has 0 saturated carbocycles. The summed E-state index contributed by atoms with van der Waals surface area (Å²) in [7, 11) is 2.03. The molecule has 0 aliphatic rings. The lowest BCUT2D eigenvalue weighted by atomic mass is 10.1. The van der Waals surface area contributed by atoms with Gasteiger partial charge in [0, 0.05) is 0 Å². The van der Waals surface area contributed by atoms with Gasteiger partial charge in [-0.2, -0.15) is 0 Å². The average molecular weight is 406 g/mol. The Morgan fingerprint density at radius 1 is 1.17 bits per heavy atom. The van der Waals surface area contributed by atoms with Gasteiger partial charge in [0.05, 0.1) is 20.3 Å². The smallest absolute Gasteiger partial charge is 0.244 e. The third-order valence-electron chi connectivity index (χ3n) is 4.05. The molecule has 1 heterocycles. The number of aliphatic hydroxyl groups excluding tert-OH is 1. The lowest BCUT2D eigenvalue weighted by molar-refractivity contribution is -0.645. The van der Waals surface area contributed by atoms with Crippen molar-refractivity contribution in [1.82, 2.24) is 4.57 Å². The van der Waals surface area contributed by atoms with E-state index in [-0.39, 0.29) is 0 Å². The Bertz CT molecular complexity index is 702. The molecule has 1 aromatic carbocycles. The third-order valence-corrected chi connectivity index (χ3v) is 4.05. The first-order valence-corrected chi connectivity index (χ1v) is 10.9. The highest BCUT2D eigenvalue weighted by atomic mass is 16.5. The van der Waals surface area contributed by atoms with Crippen molar-refractivity contribution in [2.75, 3.05) is 13.2 Å². The number of imidazole rings is 1. The van der Waals surface area contributed by atoms with Gasteiger partial charge in [0.15, 0.2) is 11.0 Å². The van der Waals surface area contributed by atoms with E-state index in [1.165, 1.54) is 16.6 Å². The molecule has 0 bridgehead atoms. The molecule has 0 fully saturated rings. The van der Waals surface area contributed by atoms with Gasteiger partial charge in [0.25, 0.3) is 0 Å². The predicted octanol–water partition coefficient (Wildman–Crippen LogP) is 5.67. The molecule has 0 aliphatic heterocycles. The van der Waals surface area contributed by atoms with Crippen molar-refractivity contribution < 1.29 is 14.4 Å². The monoisotopic (exact) mass is 405 g/mol. The first-order chi connectivity index (χ1) is 13.9. The van der Waals surface area contributed by atoms with E-state index in [1.54, 1.807) is 0 Å². The van der Waals surface area contributed by atoms with Crippen LogP contribution in [0.4, 0.5) is 0 Å². The first-order valence-electron chi connectivity index (χ1n) is 10.9. The highest BCUT2D eigenvalue weighted by Crippen LogP contribution is 2.17. The largest absolute Gasteiger partial charge is 0.387 e. The number of aromatic nitrogens is 2. The van der Waals surface area contributed by atoms with E-state index in [2.05, 4.69) is 48.6 Å². The molecule has 166 valence electrons. The van der Waals surface area contributed by atoms with E-state index in [0.29, 0.717) is 19.8 Å². The quantitative estimate of drug-likeness (QED) is 0.366. The number of nitrogens with zero attached hydrogens (tertiary/aromatic N) is 2. The molecule has 0 radical (unpaired) electrons. The number of aliphatic hydroxyl groups is 1. The highest BCUT2D eigenvalue weighted by molar-refractivity contribution is 5.74. The van der Waals surface area contributed by atoms with Gasteiger partial charge in [-0.15, -0.1) is 6.58 Å². The van der Waals surface area contributed by atoms with Crippen molar-refractivity contribution in [2.24, 2.45) is 7.05 Å². The summed E-state index contributed by atoms with van der Waals surface area (Å²) in [4.78, 5) is 0. The second-order valence-electron chi connectivity index (χ2n) is 6.26. The van der Waals surface area contributed by atoms with Crippen LogP contribution >= 0.6 is 0 Å². The number of hydrogen-bond acceptors (Lipinski definition) is 2. The van der Waals surface area contributed by atoms with Gasteiger partial charge in [0.2, 0.25) is 6.33 Å². The fraction of sp³-hybridized carbons (Fsp3) is 0.560. The van der Waals surface area contributed by atoms with Crippen LogP contribution in [-0.2, 0) is 18.3 Å². The van der Waals surface area contributed by atoms with Crippen LogP contribution in [0.3, 0.4) is 0 Å². The molecule has 4 heteroatoms. The SMILES string of the molecule is C/C=C/COCC(O)Cn1c[n+](C)c2cc(C)c(C)cc21.C=CCC.CC.CC. The van der Waals surface area contributed by atoms with E-state index in [9.17, 15) is 5.11 Å². The first kappa shape index (κ1) is 29.3. The summed E-state index contributed by atoms with van der Waals surface area (Å²) >= 11 is 0. The van der Waals surface area contributed by atoms with Crippen LogP contribution in [0.2, 0.25) is 0 Å². The minimum atomic E-state index is -0.507.